The van der Waals surface area contributed by atoms with Gasteiger partial charge in [0.25, 0.3) is 0 Å². The van der Waals surface area contributed by atoms with Crippen molar-refractivity contribution in [2.75, 3.05) is 13.2 Å². The molecule has 0 saturated carbocycles. The predicted octanol–water partition coefficient (Wildman–Crippen LogP) is 7.54. The van der Waals surface area contributed by atoms with Crippen LogP contribution in [0.4, 0.5) is 0 Å². The van der Waals surface area contributed by atoms with E-state index in [1.54, 1.807) is 38.1 Å². The SMILES string of the molecule is C=C(C)C(=O)COOc1ccc(C(C)(C)c2c(Cl)c(Cl)c(OOCC(=O)C(=C)C)c(Cl)c2Cl)cc1. The zero-order valence-electron chi connectivity index (χ0n) is 19.6. The Morgan fingerprint density at radius 3 is 1.63 bits per heavy atom. The first kappa shape index (κ1) is 29.2. The Hall–Kier alpha value is -2.06. The summed E-state index contributed by atoms with van der Waals surface area (Å²) in [7, 11) is 0. The van der Waals surface area contributed by atoms with Gasteiger partial charge < -0.3 is 9.78 Å². The van der Waals surface area contributed by atoms with Crippen molar-refractivity contribution in [3.05, 3.63) is 79.8 Å². The molecule has 0 aliphatic carbocycles. The third kappa shape index (κ3) is 7.00. The van der Waals surface area contributed by atoms with Gasteiger partial charge >= 0.3 is 0 Å². The standard InChI is InChI=1S/C25H24Cl4O6/c1-13(2)17(30)11-32-34-16-9-7-15(8-10-16)25(5,6)19-20(26)22(28)24(23(29)21(19)27)35-33-12-18(31)14(3)4/h7-10H,1,3,11-12H2,2,4-6H3. The van der Waals surface area contributed by atoms with Crippen LogP contribution in [0.2, 0.25) is 20.1 Å². The van der Waals surface area contributed by atoms with Gasteiger partial charge in [-0.2, -0.15) is 9.78 Å². The van der Waals surface area contributed by atoms with Gasteiger partial charge in [-0.25, -0.2) is 0 Å². The molecule has 0 amide bonds. The molecule has 0 atom stereocenters. The van der Waals surface area contributed by atoms with Crippen molar-refractivity contribution in [2.45, 2.75) is 33.1 Å². The molecule has 0 radical (unpaired) electrons. The lowest BCUT2D eigenvalue weighted by atomic mass is 9.78. The van der Waals surface area contributed by atoms with Gasteiger partial charge in [-0.05, 0) is 42.7 Å². The first-order valence-electron chi connectivity index (χ1n) is 10.2. The highest BCUT2D eigenvalue weighted by atomic mass is 35.5. The molecule has 0 bridgehead atoms. The molecule has 2 rings (SSSR count). The molecule has 0 aliphatic rings. The number of Topliss-reactive ketones (excluding diaryl/α,β-unsaturated/α-hetero) is 2. The van der Waals surface area contributed by atoms with Gasteiger partial charge in [0, 0.05) is 11.0 Å². The van der Waals surface area contributed by atoms with Gasteiger partial charge in [0.2, 0.25) is 5.75 Å². The van der Waals surface area contributed by atoms with E-state index < -0.39 is 5.41 Å². The summed E-state index contributed by atoms with van der Waals surface area (Å²) in [6.07, 6.45) is 0. The summed E-state index contributed by atoms with van der Waals surface area (Å²) in [5.74, 6) is -0.339. The Morgan fingerprint density at radius 1 is 0.771 bits per heavy atom. The van der Waals surface area contributed by atoms with Gasteiger partial charge in [0.05, 0.1) is 10.0 Å². The Kier molecular flexibility index (Phi) is 10.2. The van der Waals surface area contributed by atoms with Crippen LogP contribution in [0.1, 0.15) is 38.8 Å². The number of hydrogen-bond acceptors (Lipinski definition) is 6. The lowest BCUT2D eigenvalue weighted by Crippen LogP contribution is -2.21. The Labute approximate surface area is 224 Å². The van der Waals surface area contributed by atoms with Gasteiger partial charge in [-0.15, -0.1) is 0 Å². The van der Waals surface area contributed by atoms with Crippen LogP contribution in [-0.2, 0) is 24.8 Å². The molecule has 10 heteroatoms. The maximum absolute atomic E-state index is 11.7. The van der Waals surface area contributed by atoms with E-state index in [1.165, 1.54) is 0 Å². The molecule has 2 aromatic carbocycles. The van der Waals surface area contributed by atoms with Crippen molar-refractivity contribution in [2.24, 2.45) is 0 Å². The molecular weight excluding hydrogens is 538 g/mol. The second kappa shape index (κ2) is 12.3. The van der Waals surface area contributed by atoms with Crippen LogP contribution in [0.5, 0.6) is 11.5 Å². The summed E-state index contributed by atoms with van der Waals surface area (Å²) in [5.41, 5.74) is 1.18. The van der Waals surface area contributed by atoms with E-state index in [2.05, 4.69) is 13.2 Å². The van der Waals surface area contributed by atoms with Crippen LogP contribution in [0.3, 0.4) is 0 Å². The van der Waals surface area contributed by atoms with E-state index in [4.69, 9.17) is 66.0 Å². The highest BCUT2D eigenvalue weighted by Gasteiger charge is 2.33. The van der Waals surface area contributed by atoms with E-state index in [0.29, 0.717) is 22.5 Å². The number of hydrogen-bond donors (Lipinski definition) is 0. The van der Waals surface area contributed by atoms with Gasteiger partial charge in [0.15, 0.2) is 30.5 Å². The molecule has 188 valence electrons. The van der Waals surface area contributed by atoms with Crippen molar-refractivity contribution in [3.8, 4) is 11.5 Å². The minimum absolute atomic E-state index is 0.0255. The molecule has 0 N–H and O–H groups in total. The monoisotopic (exact) mass is 560 g/mol. The molecular formula is C25H24Cl4O6. The zero-order chi connectivity index (χ0) is 26.5. The second-order valence-corrected chi connectivity index (χ2v) is 9.72. The lowest BCUT2D eigenvalue weighted by molar-refractivity contribution is -0.204. The average Bonchev–Trinajstić information content (AvgIpc) is 2.79. The number of halogens is 4. The smallest absolute Gasteiger partial charge is 0.205 e. The first-order chi connectivity index (χ1) is 16.3. The van der Waals surface area contributed by atoms with Crippen molar-refractivity contribution >= 4 is 58.0 Å². The molecule has 35 heavy (non-hydrogen) atoms. The van der Waals surface area contributed by atoms with Crippen LogP contribution in [0.15, 0.2) is 48.6 Å². The summed E-state index contributed by atoms with van der Waals surface area (Å²) in [6, 6.07) is 6.89. The largest absolute Gasteiger partial charge is 0.337 e. The average molecular weight is 562 g/mol. The number of carbonyl (C=O) groups is 2. The van der Waals surface area contributed by atoms with Crippen LogP contribution >= 0.6 is 46.4 Å². The molecule has 6 nitrogen and oxygen atoms in total. The van der Waals surface area contributed by atoms with Crippen molar-refractivity contribution < 1.29 is 29.1 Å². The highest BCUT2D eigenvalue weighted by Crippen LogP contribution is 2.51. The maximum atomic E-state index is 11.7. The second-order valence-electron chi connectivity index (χ2n) is 8.21. The van der Waals surface area contributed by atoms with E-state index in [0.717, 1.165) is 5.56 Å². The number of rotatable bonds is 12. The molecule has 0 spiro atoms. The molecule has 0 heterocycles. The minimum Gasteiger partial charge on any atom is -0.337 e. The summed E-state index contributed by atoms with van der Waals surface area (Å²) in [4.78, 5) is 43.4. The van der Waals surface area contributed by atoms with Gasteiger partial charge in [-0.1, -0.05) is 85.5 Å². The molecule has 0 aliphatic heterocycles. The third-order valence-corrected chi connectivity index (χ3v) is 6.72. The predicted molar refractivity (Wildman–Crippen MR) is 138 cm³/mol. The summed E-state index contributed by atoms with van der Waals surface area (Å²) in [5, 5.41) is 0.167. The Morgan fingerprint density at radius 2 is 1.20 bits per heavy atom. The van der Waals surface area contributed by atoms with Gasteiger partial charge in [0.1, 0.15) is 10.0 Å². The molecule has 0 fully saturated rings. The number of benzene rings is 2. The van der Waals surface area contributed by atoms with Crippen LogP contribution in [0, 0.1) is 0 Å². The fraction of sp³-hybridized carbons (Fsp3) is 0.280. The number of carbonyl (C=O) groups excluding carboxylic acids is 2. The molecule has 0 saturated heterocycles. The fourth-order valence-electron chi connectivity index (χ4n) is 2.84. The first-order valence-corrected chi connectivity index (χ1v) is 11.7. The quantitative estimate of drug-likeness (QED) is 0.115. The normalized spacial score (nSPS) is 11.2. The van der Waals surface area contributed by atoms with Crippen molar-refractivity contribution in [1.82, 2.24) is 0 Å². The summed E-state index contributed by atoms with van der Waals surface area (Å²) < 4.78 is 0. The fourth-order valence-corrected chi connectivity index (χ4v) is 4.22. The third-order valence-electron chi connectivity index (χ3n) is 5.05. The van der Waals surface area contributed by atoms with Crippen LogP contribution in [-0.4, -0.2) is 24.8 Å². The zero-order valence-corrected chi connectivity index (χ0v) is 22.6. The van der Waals surface area contributed by atoms with E-state index in [1.807, 2.05) is 13.8 Å². The van der Waals surface area contributed by atoms with E-state index in [-0.39, 0.29) is 50.6 Å². The Balaban J connectivity index is 2.27. The summed E-state index contributed by atoms with van der Waals surface area (Å²) in [6.45, 7) is 13.4. The topological polar surface area (TPSA) is 71.1 Å². The van der Waals surface area contributed by atoms with Gasteiger partial charge in [-0.3, -0.25) is 9.59 Å². The summed E-state index contributed by atoms with van der Waals surface area (Å²) >= 11 is 26.0. The van der Waals surface area contributed by atoms with E-state index >= 15 is 0 Å². The molecule has 2 aromatic rings. The maximum Gasteiger partial charge on any atom is 0.205 e. The van der Waals surface area contributed by atoms with Crippen molar-refractivity contribution in [3.63, 3.8) is 0 Å². The van der Waals surface area contributed by atoms with E-state index in [9.17, 15) is 9.59 Å². The minimum atomic E-state index is -0.758. The molecule has 0 aromatic heterocycles. The van der Waals surface area contributed by atoms with Crippen molar-refractivity contribution in [1.29, 1.82) is 0 Å². The number of ketones is 2. The van der Waals surface area contributed by atoms with Crippen LogP contribution in [0.25, 0.3) is 0 Å². The molecule has 0 unspecified atom stereocenters. The van der Waals surface area contributed by atoms with Crippen LogP contribution < -0.4 is 9.78 Å². The highest BCUT2D eigenvalue weighted by molar-refractivity contribution is 6.49. The Bertz CT molecular complexity index is 1130. The lowest BCUT2D eigenvalue weighted by Gasteiger charge is -2.29.